The first-order chi connectivity index (χ1) is 18.5. The fourth-order valence-corrected chi connectivity index (χ4v) is 4.78. The van der Waals surface area contributed by atoms with Crippen molar-refractivity contribution in [1.29, 1.82) is 0 Å². The number of carbonyl (C=O) groups excluding carboxylic acids is 1. The molecule has 4 aromatic rings. The summed E-state index contributed by atoms with van der Waals surface area (Å²) in [6.45, 7) is 5.65. The van der Waals surface area contributed by atoms with Crippen LogP contribution in [0.25, 0.3) is 11.3 Å². The lowest BCUT2D eigenvalue weighted by Gasteiger charge is -2.27. The van der Waals surface area contributed by atoms with E-state index in [0.29, 0.717) is 32.0 Å². The van der Waals surface area contributed by atoms with Gasteiger partial charge in [-0.25, -0.2) is 4.79 Å². The number of aromatic amines is 1. The first-order valence-corrected chi connectivity index (χ1v) is 13.2. The van der Waals surface area contributed by atoms with E-state index < -0.39 is 24.1 Å². The number of ether oxygens (including phenoxy) is 1. The Bertz CT molecular complexity index is 1480. The second-order valence-corrected chi connectivity index (χ2v) is 10.6. The zero-order chi connectivity index (χ0) is 28.3. The van der Waals surface area contributed by atoms with Gasteiger partial charge in [0.05, 0.1) is 17.0 Å². The molecule has 4 rings (SSSR count). The zero-order valence-electron chi connectivity index (χ0n) is 21.3. The van der Waals surface area contributed by atoms with E-state index in [0.717, 1.165) is 16.8 Å². The van der Waals surface area contributed by atoms with Crippen LogP contribution < -0.4 is 5.32 Å². The lowest BCUT2D eigenvalue weighted by Crippen LogP contribution is -2.36. The first kappa shape index (κ1) is 28.6. The molecule has 0 saturated heterocycles. The standard InChI is InChI=1S/C29H26Cl3N3O4/c1-15(2)26(28(36)33-21-11-6-18(7-12-21)29(37)38)39-27(22-13-10-20(31)14-23(22)32)25-16(3)24(34-35-25)17-4-8-19(30)9-5-17/h4-15,26-27H,1-3H3,(H,33,36)(H,34,35)(H,37,38). The smallest absolute Gasteiger partial charge is 0.335 e. The number of carbonyl (C=O) groups is 2. The highest BCUT2D eigenvalue weighted by atomic mass is 35.5. The van der Waals surface area contributed by atoms with Crippen LogP contribution in [0.15, 0.2) is 66.7 Å². The molecule has 39 heavy (non-hydrogen) atoms. The Hall–Kier alpha value is -3.36. The maximum absolute atomic E-state index is 13.4. The summed E-state index contributed by atoms with van der Waals surface area (Å²) >= 11 is 18.8. The number of rotatable bonds is 9. The largest absolute Gasteiger partial charge is 0.478 e. The summed E-state index contributed by atoms with van der Waals surface area (Å²) in [5, 5.41) is 21.1. The Morgan fingerprint density at radius 1 is 0.949 bits per heavy atom. The molecular formula is C29H26Cl3N3O4. The molecule has 1 heterocycles. The molecular weight excluding hydrogens is 561 g/mol. The van der Waals surface area contributed by atoms with Crippen LogP contribution in [0.2, 0.25) is 15.1 Å². The summed E-state index contributed by atoms with van der Waals surface area (Å²) in [5.41, 5.74) is 4.22. The topological polar surface area (TPSA) is 104 Å². The molecule has 2 unspecified atom stereocenters. The van der Waals surface area contributed by atoms with Crippen molar-refractivity contribution in [3.05, 3.63) is 104 Å². The molecule has 2 atom stereocenters. The third kappa shape index (κ3) is 6.62. The van der Waals surface area contributed by atoms with Crippen LogP contribution in [0.4, 0.5) is 5.69 Å². The zero-order valence-corrected chi connectivity index (χ0v) is 23.6. The van der Waals surface area contributed by atoms with Crippen molar-refractivity contribution in [2.75, 3.05) is 5.32 Å². The lowest BCUT2D eigenvalue weighted by molar-refractivity contribution is -0.133. The second kappa shape index (κ2) is 12.2. The average Bonchev–Trinajstić information content (AvgIpc) is 3.26. The highest BCUT2D eigenvalue weighted by molar-refractivity contribution is 6.35. The van der Waals surface area contributed by atoms with Crippen molar-refractivity contribution in [3.63, 3.8) is 0 Å². The van der Waals surface area contributed by atoms with Crippen LogP contribution in [-0.4, -0.2) is 33.3 Å². The van der Waals surface area contributed by atoms with E-state index in [1.54, 1.807) is 30.3 Å². The van der Waals surface area contributed by atoms with E-state index >= 15 is 0 Å². The van der Waals surface area contributed by atoms with Gasteiger partial charge in [-0.15, -0.1) is 0 Å². The predicted octanol–water partition coefficient (Wildman–Crippen LogP) is 7.81. The molecule has 0 saturated carbocycles. The Labute approximate surface area is 241 Å². The van der Waals surface area contributed by atoms with Crippen LogP contribution in [0, 0.1) is 12.8 Å². The number of nitrogens with one attached hydrogen (secondary N) is 2. The van der Waals surface area contributed by atoms with E-state index in [9.17, 15) is 9.59 Å². The summed E-state index contributed by atoms with van der Waals surface area (Å²) in [6.07, 6.45) is -1.71. The summed E-state index contributed by atoms with van der Waals surface area (Å²) in [7, 11) is 0. The van der Waals surface area contributed by atoms with Gasteiger partial charge >= 0.3 is 5.97 Å². The first-order valence-electron chi connectivity index (χ1n) is 12.1. The highest BCUT2D eigenvalue weighted by Gasteiger charge is 2.32. The number of H-pyrrole nitrogens is 1. The van der Waals surface area contributed by atoms with Gasteiger partial charge in [0.15, 0.2) is 0 Å². The minimum Gasteiger partial charge on any atom is -0.478 e. The minimum atomic E-state index is -1.05. The third-order valence-corrected chi connectivity index (χ3v) is 7.03. The molecule has 1 amide bonds. The third-order valence-electron chi connectivity index (χ3n) is 6.22. The minimum absolute atomic E-state index is 0.118. The van der Waals surface area contributed by atoms with E-state index in [1.807, 2.05) is 32.9 Å². The van der Waals surface area contributed by atoms with Crippen molar-refractivity contribution in [1.82, 2.24) is 10.2 Å². The van der Waals surface area contributed by atoms with Gasteiger partial charge in [-0.1, -0.05) is 66.8 Å². The number of carboxylic acids is 1. The molecule has 3 aromatic carbocycles. The molecule has 7 nitrogen and oxygen atoms in total. The monoisotopic (exact) mass is 585 g/mol. The van der Waals surface area contributed by atoms with Crippen molar-refractivity contribution in [2.24, 2.45) is 5.92 Å². The number of halogens is 3. The van der Waals surface area contributed by atoms with Crippen LogP contribution >= 0.6 is 34.8 Å². The average molecular weight is 587 g/mol. The molecule has 1 aromatic heterocycles. The van der Waals surface area contributed by atoms with E-state index in [4.69, 9.17) is 44.6 Å². The highest BCUT2D eigenvalue weighted by Crippen LogP contribution is 2.38. The molecule has 0 radical (unpaired) electrons. The van der Waals surface area contributed by atoms with Gasteiger partial charge in [0.25, 0.3) is 5.91 Å². The van der Waals surface area contributed by atoms with Gasteiger partial charge in [-0.05, 0) is 66.9 Å². The van der Waals surface area contributed by atoms with Gasteiger partial charge in [0, 0.05) is 31.9 Å². The number of aromatic carboxylic acids is 1. The van der Waals surface area contributed by atoms with Gasteiger partial charge in [0.1, 0.15) is 12.2 Å². The predicted molar refractivity (Wildman–Crippen MR) is 154 cm³/mol. The molecule has 0 aliphatic rings. The van der Waals surface area contributed by atoms with E-state index in [2.05, 4.69) is 15.5 Å². The van der Waals surface area contributed by atoms with Crippen molar-refractivity contribution >= 4 is 52.4 Å². The summed E-state index contributed by atoms with van der Waals surface area (Å²) in [5.74, 6) is -1.67. The molecule has 202 valence electrons. The number of carboxylic acid groups (broad SMARTS) is 1. The van der Waals surface area contributed by atoms with Crippen LogP contribution in [-0.2, 0) is 9.53 Å². The summed E-state index contributed by atoms with van der Waals surface area (Å²) < 4.78 is 6.51. The quantitative estimate of drug-likeness (QED) is 0.185. The Morgan fingerprint density at radius 3 is 2.18 bits per heavy atom. The summed E-state index contributed by atoms with van der Waals surface area (Å²) in [6, 6.07) is 18.3. The SMILES string of the molecule is Cc1c(C(OC(C(=O)Nc2ccc(C(=O)O)cc2)C(C)C)c2ccc(Cl)cc2Cl)n[nH]c1-c1ccc(Cl)cc1. The normalized spacial score (nSPS) is 12.8. The number of aromatic nitrogens is 2. The number of amides is 1. The molecule has 0 aliphatic carbocycles. The fraction of sp³-hybridized carbons (Fsp3) is 0.207. The number of nitrogens with zero attached hydrogens (tertiary/aromatic N) is 1. The van der Waals surface area contributed by atoms with E-state index in [1.165, 1.54) is 24.3 Å². The number of hydrogen-bond donors (Lipinski definition) is 3. The number of hydrogen-bond acceptors (Lipinski definition) is 4. The molecule has 0 aliphatic heterocycles. The van der Waals surface area contributed by atoms with Gasteiger partial charge in [0.2, 0.25) is 0 Å². The van der Waals surface area contributed by atoms with Crippen molar-refractivity contribution < 1.29 is 19.4 Å². The molecule has 0 bridgehead atoms. The second-order valence-electron chi connectivity index (χ2n) is 9.33. The van der Waals surface area contributed by atoms with Crippen molar-refractivity contribution in [3.8, 4) is 11.3 Å². The molecule has 3 N–H and O–H groups in total. The maximum atomic E-state index is 13.4. The summed E-state index contributed by atoms with van der Waals surface area (Å²) in [4.78, 5) is 24.6. The molecule has 10 heteroatoms. The van der Waals surface area contributed by atoms with Crippen LogP contribution in [0.3, 0.4) is 0 Å². The lowest BCUT2D eigenvalue weighted by atomic mass is 9.99. The van der Waals surface area contributed by atoms with Gasteiger partial charge < -0.3 is 15.2 Å². The Morgan fingerprint density at radius 2 is 1.59 bits per heavy atom. The number of benzene rings is 3. The van der Waals surface area contributed by atoms with Gasteiger partial charge in [-0.3, -0.25) is 9.89 Å². The van der Waals surface area contributed by atoms with Crippen LogP contribution in [0.5, 0.6) is 0 Å². The maximum Gasteiger partial charge on any atom is 0.335 e. The molecule has 0 fully saturated rings. The van der Waals surface area contributed by atoms with Crippen LogP contribution in [0.1, 0.15) is 47.1 Å². The Balaban J connectivity index is 1.70. The van der Waals surface area contributed by atoms with E-state index in [-0.39, 0.29) is 11.5 Å². The molecule has 0 spiro atoms. The Kier molecular flexibility index (Phi) is 8.97. The number of anilines is 1. The van der Waals surface area contributed by atoms with Crippen molar-refractivity contribution in [2.45, 2.75) is 33.0 Å². The van der Waals surface area contributed by atoms with Gasteiger partial charge in [-0.2, -0.15) is 5.10 Å². The fourth-order valence-electron chi connectivity index (χ4n) is 4.14.